The normalized spacial score (nSPS) is 11.2. The molecule has 0 amide bonds. The van der Waals surface area contributed by atoms with E-state index >= 15 is 0 Å². The monoisotopic (exact) mass is 321 g/mol. The van der Waals surface area contributed by atoms with Crippen LogP contribution >= 0.6 is 12.4 Å². The van der Waals surface area contributed by atoms with E-state index in [1.165, 1.54) is 11.7 Å². The number of nitrogens with one attached hydrogen (secondary N) is 1. The van der Waals surface area contributed by atoms with Crippen LogP contribution in [0.3, 0.4) is 0 Å². The Morgan fingerprint density at radius 1 is 1.24 bits per heavy atom. The van der Waals surface area contributed by atoms with Crippen LogP contribution < -0.4 is 5.32 Å². The minimum atomic E-state index is -4.44. The second kappa shape index (κ2) is 6.82. The standard InChI is InChI=1S/C13H14F3N3O.ClH/c1-19-10(6-12(18-19)13(14,15)16)8-17-7-9-4-2-3-5-11(9)20;/h2-6,17,20H,7-8H2,1H3;1H. The Morgan fingerprint density at radius 2 is 1.90 bits per heavy atom. The third-order valence-corrected chi connectivity index (χ3v) is 2.88. The molecule has 2 rings (SSSR count). The third kappa shape index (κ3) is 4.37. The summed E-state index contributed by atoms with van der Waals surface area (Å²) in [5.41, 5.74) is 0.206. The quantitative estimate of drug-likeness (QED) is 0.910. The van der Waals surface area contributed by atoms with E-state index in [-0.39, 0.29) is 24.7 Å². The van der Waals surface area contributed by atoms with E-state index in [1.807, 2.05) is 0 Å². The van der Waals surface area contributed by atoms with Crippen LogP contribution in [-0.2, 0) is 26.3 Å². The molecule has 0 spiro atoms. The summed E-state index contributed by atoms with van der Waals surface area (Å²) >= 11 is 0. The van der Waals surface area contributed by atoms with Gasteiger partial charge in [-0.1, -0.05) is 18.2 Å². The highest BCUT2D eigenvalue weighted by molar-refractivity contribution is 5.85. The van der Waals surface area contributed by atoms with E-state index in [0.29, 0.717) is 17.8 Å². The molecule has 0 saturated carbocycles. The molecule has 21 heavy (non-hydrogen) atoms. The van der Waals surface area contributed by atoms with Crippen molar-refractivity contribution in [3.05, 3.63) is 47.3 Å². The zero-order chi connectivity index (χ0) is 14.8. The molecule has 0 aliphatic heterocycles. The molecule has 0 aliphatic carbocycles. The van der Waals surface area contributed by atoms with Crippen LogP contribution in [0.1, 0.15) is 17.0 Å². The summed E-state index contributed by atoms with van der Waals surface area (Å²) < 4.78 is 38.7. The molecule has 0 unspecified atom stereocenters. The molecule has 0 fully saturated rings. The van der Waals surface area contributed by atoms with E-state index in [1.54, 1.807) is 24.3 Å². The SMILES string of the molecule is Cl.Cn1nc(C(F)(F)F)cc1CNCc1ccccc1O. The van der Waals surface area contributed by atoms with E-state index < -0.39 is 11.9 Å². The second-order valence-electron chi connectivity index (χ2n) is 4.37. The number of phenols is 1. The minimum Gasteiger partial charge on any atom is -0.508 e. The molecule has 0 radical (unpaired) electrons. The van der Waals surface area contributed by atoms with Gasteiger partial charge in [-0.3, -0.25) is 4.68 Å². The lowest BCUT2D eigenvalue weighted by molar-refractivity contribution is -0.141. The number of benzene rings is 1. The molecule has 1 aromatic carbocycles. The lowest BCUT2D eigenvalue weighted by Crippen LogP contribution is -2.15. The summed E-state index contributed by atoms with van der Waals surface area (Å²) in [5.74, 6) is 0.154. The van der Waals surface area contributed by atoms with Crippen LogP contribution in [0.4, 0.5) is 13.2 Å². The van der Waals surface area contributed by atoms with Crippen molar-refractivity contribution in [3.8, 4) is 5.75 Å². The molecule has 1 heterocycles. The van der Waals surface area contributed by atoms with Gasteiger partial charge in [0.25, 0.3) is 0 Å². The van der Waals surface area contributed by atoms with Gasteiger partial charge in [0.1, 0.15) is 5.75 Å². The van der Waals surface area contributed by atoms with Crippen molar-refractivity contribution in [2.75, 3.05) is 0 Å². The first-order chi connectivity index (χ1) is 9.38. The number of halogens is 4. The fourth-order valence-electron chi connectivity index (χ4n) is 1.80. The molecule has 4 nitrogen and oxygen atoms in total. The zero-order valence-corrected chi connectivity index (χ0v) is 12.0. The zero-order valence-electron chi connectivity index (χ0n) is 11.2. The molecule has 116 valence electrons. The van der Waals surface area contributed by atoms with Crippen molar-refractivity contribution < 1.29 is 18.3 Å². The Bertz CT molecular complexity index is 599. The topological polar surface area (TPSA) is 50.1 Å². The molecule has 0 saturated heterocycles. The predicted octanol–water partition coefficient (Wildman–Crippen LogP) is 2.86. The van der Waals surface area contributed by atoms with Crippen molar-refractivity contribution in [2.45, 2.75) is 19.3 Å². The molecule has 0 bridgehead atoms. The second-order valence-corrected chi connectivity index (χ2v) is 4.37. The molecule has 0 aliphatic rings. The number of alkyl halides is 3. The molecule has 0 atom stereocenters. The predicted molar refractivity (Wildman–Crippen MR) is 74.1 cm³/mol. The van der Waals surface area contributed by atoms with Gasteiger partial charge in [0.05, 0.1) is 5.69 Å². The van der Waals surface area contributed by atoms with Crippen molar-refractivity contribution in [1.29, 1.82) is 0 Å². The Kier molecular flexibility index (Phi) is 5.62. The summed E-state index contributed by atoms with van der Waals surface area (Å²) in [5, 5.41) is 16.0. The van der Waals surface area contributed by atoms with Gasteiger partial charge >= 0.3 is 6.18 Å². The summed E-state index contributed by atoms with van der Waals surface area (Å²) in [6.07, 6.45) is -4.44. The van der Waals surface area contributed by atoms with Gasteiger partial charge < -0.3 is 10.4 Å². The van der Waals surface area contributed by atoms with E-state index in [9.17, 15) is 18.3 Å². The van der Waals surface area contributed by atoms with Gasteiger partial charge in [-0.25, -0.2) is 0 Å². The maximum Gasteiger partial charge on any atom is 0.435 e. The molecule has 1 aromatic heterocycles. The van der Waals surface area contributed by atoms with Gasteiger partial charge in [0.2, 0.25) is 0 Å². The number of nitrogens with zero attached hydrogens (tertiary/aromatic N) is 2. The molecular weight excluding hydrogens is 307 g/mol. The Morgan fingerprint density at radius 3 is 2.48 bits per heavy atom. The van der Waals surface area contributed by atoms with Crippen molar-refractivity contribution in [2.24, 2.45) is 7.05 Å². The molecular formula is C13H15ClF3N3O. The van der Waals surface area contributed by atoms with E-state index in [0.717, 1.165) is 6.07 Å². The Labute approximate surface area is 126 Å². The fraction of sp³-hybridized carbons (Fsp3) is 0.308. The van der Waals surface area contributed by atoms with Crippen molar-refractivity contribution in [3.63, 3.8) is 0 Å². The number of aryl methyl sites for hydroxylation is 1. The molecule has 2 aromatic rings. The van der Waals surface area contributed by atoms with E-state index in [2.05, 4.69) is 10.4 Å². The maximum atomic E-state index is 12.5. The van der Waals surface area contributed by atoms with Crippen LogP contribution in [0, 0.1) is 0 Å². The van der Waals surface area contributed by atoms with Crippen LogP contribution in [0.2, 0.25) is 0 Å². The maximum absolute atomic E-state index is 12.5. The summed E-state index contributed by atoms with van der Waals surface area (Å²) in [6.45, 7) is 0.590. The number of para-hydroxylation sites is 1. The number of rotatable bonds is 4. The highest BCUT2D eigenvalue weighted by atomic mass is 35.5. The van der Waals surface area contributed by atoms with Crippen LogP contribution in [-0.4, -0.2) is 14.9 Å². The average molecular weight is 322 g/mol. The Hall–Kier alpha value is -1.73. The highest BCUT2D eigenvalue weighted by Gasteiger charge is 2.34. The number of phenolic OH excluding ortho intramolecular Hbond substituents is 1. The lowest BCUT2D eigenvalue weighted by atomic mass is 10.2. The van der Waals surface area contributed by atoms with E-state index in [4.69, 9.17) is 0 Å². The summed E-state index contributed by atoms with van der Waals surface area (Å²) in [4.78, 5) is 0. The number of aromatic hydroxyl groups is 1. The van der Waals surface area contributed by atoms with Gasteiger partial charge in [0, 0.05) is 25.7 Å². The van der Waals surface area contributed by atoms with Crippen LogP contribution in [0.25, 0.3) is 0 Å². The Balaban J connectivity index is 0.00000220. The van der Waals surface area contributed by atoms with Crippen molar-refractivity contribution >= 4 is 12.4 Å². The molecule has 2 N–H and O–H groups in total. The van der Waals surface area contributed by atoms with Crippen molar-refractivity contribution in [1.82, 2.24) is 15.1 Å². The number of hydrogen-bond donors (Lipinski definition) is 2. The summed E-state index contributed by atoms with van der Waals surface area (Å²) in [6, 6.07) is 7.80. The lowest BCUT2D eigenvalue weighted by Gasteiger charge is -2.06. The average Bonchev–Trinajstić information content (AvgIpc) is 2.73. The minimum absolute atomic E-state index is 0. The van der Waals surface area contributed by atoms with Gasteiger partial charge in [-0.15, -0.1) is 12.4 Å². The largest absolute Gasteiger partial charge is 0.508 e. The first-order valence-corrected chi connectivity index (χ1v) is 5.95. The smallest absolute Gasteiger partial charge is 0.435 e. The first-order valence-electron chi connectivity index (χ1n) is 5.95. The van der Waals surface area contributed by atoms with Gasteiger partial charge in [-0.05, 0) is 12.1 Å². The first kappa shape index (κ1) is 17.3. The van der Waals surface area contributed by atoms with Gasteiger partial charge in [0.15, 0.2) is 5.69 Å². The molecule has 8 heteroatoms. The third-order valence-electron chi connectivity index (χ3n) is 2.88. The highest BCUT2D eigenvalue weighted by Crippen LogP contribution is 2.28. The number of hydrogen-bond acceptors (Lipinski definition) is 3. The van der Waals surface area contributed by atoms with Gasteiger partial charge in [-0.2, -0.15) is 18.3 Å². The fourth-order valence-corrected chi connectivity index (χ4v) is 1.80. The summed E-state index contributed by atoms with van der Waals surface area (Å²) in [7, 11) is 1.46. The number of aromatic nitrogens is 2. The van der Waals surface area contributed by atoms with Crippen LogP contribution in [0.5, 0.6) is 5.75 Å². The van der Waals surface area contributed by atoms with Crippen LogP contribution in [0.15, 0.2) is 30.3 Å².